The molecule has 4 heteroatoms. The fraction of sp³-hybridized carbons (Fsp3) is 0.391. The van der Waals surface area contributed by atoms with Crippen molar-refractivity contribution in [1.82, 2.24) is 9.47 Å². The second kappa shape index (κ2) is 6.84. The highest BCUT2D eigenvalue weighted by Gasteiger charge is 2.30. The average molecular weight is 361 g/mol. The highest BCUT2D eigenvalue weighted by molar-refractivity contribution is 6.14. The van der Waals surface area contributed by atoms with E-state index >= 15 is 0 Å². The Morgan fingerprint density at radius 1 is 1.04 bits per heavy atom. The summed E-state index contributed by atoms with van der Waals surface area (Å²) in [5.74, 6) is 1.01. The Balaban J connectivity index is 1.74. The summed E-state index contributed by atoms with van der Waals surface area (Å²) < 4.78 is 2.27. The third kappa shape index (κ3) is 3.14. The lowest BCUT2D eigenvalue weighted by Crippen LogP contribution is -2.31. The lowest BCUT2D eigenvalue weighted by atomic mass is 10.1. The Bertz CT molecular complexity index is 978. The zero-order valence-electron chi connectivity index (χ0n) is 16.7. The quantitative estimate of drug-likeness (QED) is 0.704. The summed E-state index contributed by atoms with van der Waals surface area (Å²) in [6.45, 7) is 9.29. The molecule has 1 amide bonds. The lowest BCUT2D eigenvalue weighted by molar-refractivity contribution is -0.122. The van der Waals surface area contributed by atoms with Crippen molar-refractivity contribution in [3.05, 3.63) is 58.0 Å². The van der Waals surface area contributed by atoms with Crippen LogP contribution in [0.3, 0.4) is 0 Å². The second-order valence-corrected chi connectivity index (χ2v) is 7.78. The Labute approximate surface area is 161 Å². The maximum atomic E-state index is 12.8. The molecule has 0 N–H and O–H groups in total. The minimum absolute atomic E-state index is 0.0585. The van der Waals surface area contributed by atoms with E-state index in [0.717, 1.165) is 42.9 Å². The molecule has 0 bridgehead atoms. The molecular formula is C23H27N3O. The molecule has 0 spiro atoms. The number of hydrogen-bond donors (Lipinski definition) is 0. The van der Waals surface area contributed by atoms with Gasteiger partial charge < -0.3 is 4.57 Å². The molecule has 27 heavy (non-hydrogen) atoms. The Kier molecular flexibility index (Phi) is 4.50. The predicted molar refractivity (Wildman–Crippen MR) is 110 cm³/mol. The van der Waals surface area contributed by atoms with Gasteiger partial charge in [0, 0.05) is 30.0 Å². The molecule has 1 aromatic heterocycles. The van der Waals surface area contributed by atoms with E-state index in [9.17, 15) is 4.79 Å². The van der Waals surface area contributed by atoms with Crippen LogP contribution in [0.4, 0.5) is 0 Å². The van der Waals surface area contributed by atoms with E-state index in [-0.39, 0.29) is 5.91 Å². The molecule has 0 atom stereocenters. The van der Waals surface area contributed by atoms with Crippen molar-refractivity contribution < 1.29 is 4.79 Å². The summed E-state index contributed by atoms with van der Waals surface area (Å²) in [5.41, 5.74) is 7.66. The lowest BCUT2D eigenvalue weighted by Gasteiger charge is -2.14. The number of aryl methyl sites for hydroxylation is 3. The summed E-state index contributed by atoms with van der Waals surface area (Å²) >= 11 is 0. The largest absolute Gasteiger partial charge is 0.318 e. The zero-order chi connectivity index (χ0) is 19.1. The van der Waals surface area contributed by atoms with Crippen LogP contribution >= 0.6 is 0 Å². The van der Waals surface area contributed by atoms with Gasteiger partial charge >= 0.3 is 0 Å². The van der Waals surface area contributed by atoms with Crippen LogP contribution in [0.15, 0.2) is 35.0 Å². The third-order valence-electron chi connectivity index (χ3n) is 5.66. The fourth-order valence-electron chi connectivity index (χ4n) is 4.26. The molecule has 1 aromatic carbocycles. The van der Waals surface area contributed by atoms with Crippen LogP contribution in [0.1, 0.15) is 53.8 Å². The van der Waals surface area contributed by atoms with Gasteiger partial charge in [-0.3, -0.25) is 9.69 Å². The monoisotopic (exact) mass is 361 g/mol. The van der Waals surface area contributed by atoms with Crippen LogP contribution in [0.5, 0.6) is 0 Å². The summed E-state index contributed by atoms with van der Waals surface area (Å²) in [6, 6.07) is 8.68. The first-order valence-electron chi connectivity index (χ1n) is 9.83. The summed E-state index contributed by atoms with van der Waals surface area (Å²) in [4.78, 5) is 19.3. The number of benzene rings is 1. The van der Waals surface area contributed by atoms with Crippen molar-refractivity contribution in [2.24, 2.45) is 4.99 Å². The molecule has 0 radical (unpaired) electrons. The molecular weight excluding hydrogens is 334 g/mol. The molecule has 1 fully saturated rings. The van der Waals surface area contributed by atoms with E-state index in [2.05, 4.69) is 61.5 Å². The van der Waals surface area contributed by atoms with Crippen LogP contribution in [0.2, 0.25) is 0 Å². The molecule has 4 nitrogen and oxygen atoms in total. The van der Waals surface area contributed by atoms with Crippen molar-refractivity contribution in [3.63, 3.8) is 0 Å². The third-order valence-corrected chi connectivity index (χ3v) is 5.66. The maximum absolute atomic E-state index is 12.8. The fourth-order valence-corrected chi connectivity index (χ4v) is 4.26. The highest BCUT2D eigenvalue weighted by Crippen LogP contribution is 2.28. The Hall–Kier alpha value is -2.62. The predicted octanol–water partition coefficient (Wildman–Crippen LogP) is 4.87. The number of hydrogen-bond acceptors (Lipinski definition) is 2. The molecule has 2 aromatic rings. The van der Waals surface area contributed by atoms with Gasteiger partial charge in [0.25, 0.3) is 5.91 Å². The van der Waals surface area contributed by atoms with Gasteiger partial charge in [0.15, 0.2) is 0 Å². The SMILES string of the molecule is Cc1ccc(-n2c(C)cc(/C=C3\N=C4CCCCCN4C3=O)c2C)c(C)c1. The van der Waals surface area contributed by atoms with Gasteiger partial charge in [-0.05, 0) is 69.9 Å². The molecule has 0 aliphatic carbocycles. The standard InChI is InChI=1S/C23H27N3O/c1-15-9-10-21(16(2)12-15)26-17(3)13-19(18(26)4)14-20-23(27)25-11-7-5-6-8-22(25)24-20/h9-10,12-14H,5-8,11H2,1-4H3/b20-14-. The first kappa shape index (κ1) is 17.8. The van der Waals surface area contributed by atoms with Gasteiger partial charge in [-0.25, -0.2) is 4.99 Å². The number of carbonyl (C=O) groups excluding carboxylic acids is 1. The van der Waals surface area contributed by atoms with E-state index in [1.165, 1.54) is 28.9 Å². The van der Waals surface area contributed by atoms with Crippen LogP contribution < -0.4 is 0 Å². The first-order valence-corrected chi connectivity index (χ1v) is 9.83. The van der Waals surface area contributed by atoms with Crippen molar-refractivity contribution in [3.8, 4) is 5.69 Å². The van der Waals surface area contributed by atoms with E-state index in [4.69, 9.17) is 0 Å². The van der Waals surface area contributed by atoms with E-state index in [0.29, 0.717) is 5.70 Å². The van der Waals surface area contributed by atoms with E-state index in [1.54, 1.807) is 0 Å². The average Bonchev–Trinajstić information content (AvgIpc) is 2.95. The number of aromatic nitrogens is 1. The molecule has 3 heterocycles. The number of fused-ring (bicyclic) bond motifs is 1. The van der Waals surface area contributed by atoms with Crippen LogP contribution in [0.25, 0.3) is 11.8 Å². The molecule has 1 saturated heterocycles. The number of nitrogens with zero attached hydrogens (tertiary/aromatic N) is 3. The second-order valence-electron chi connectivity index (χ2n) is 7.78. The smallest absolute Gasteiger partial charge is 0.277 e. The van der Waals surface area contributed by atoms with Crippen molar-refractivity contribution in [2.45, 2.75) is 53.4 Å². The first-order chi connectivity index (χ1) is 13.0. The summed E-state index contributed by atoms with van der Waals surface area (Å²) in [7, 11) is 0. The molecule has 0 unspecified atom stereocenters. The minimum atomic E-state index is 0.0585. The van der Waals surface area contributed by atoms with Gasteiger partial charge in [-0.2, -0.15) is 0 Å². The number of aliphatic imine (C=N–C) groups is 1. The molecule has 140 valence electrons. The normalized spacial score (nSPS) is 18.7. The Morgan fingerprint density at radius 3 is 2.63 bits per heavy atom. The molecule has 0 saturated carbocycles. The van der Waals surface area contributed by atoms with Gasteiger partial charge in [0.2, 0.25) is 0 Å². The van der Waals surface area contributed by atoms with E-state index in [1.807, 2.05) is 11.0 Å². The molecule has 4 rings (SSSR count). The number of rotatable bonds is 2. The summed E-state index contributed by atoms with van der Waals surface area (Å²) in [5, 5.41) is 0. The Morgan fingerprint density at radius 2 is 1.85 bits per heavy atom. The number of carbonyl (C=O) groups is 1. The van der Waals surface area contributed by atoms with Crippen molar-refractivity contribution in [2.75, 3.05) is 6.54 Å². The van der Waals surface area contributed by atoms with Crippen LogP contribution in [-0.4, -0.2) is 27.8 Å². The van der Waals surface area contributed by atoms with Crippen LogP contribution in [-0.2, 0) is 4.79 Å². The summed E-state index contributed by atoms with van der Waals surface area (Å²) in [6.07, 6.45) is 6.24. The van der Waals surface area contributed by atoms with Gasteiger partial charge in [0.1, 0.15) is 11.5 Å². The number of amides is 1. The van der Waals surface area contributed by atoms with Crippen LogP contribution in [0, 0.1) is 27.7 Å². The van der Waals surface area contributed by atoms with E-state index < -0.39 is 0 Å². The van der Waals surface area contributed by atoms with Gasteiger partial charge in [0.05, 0.1) is 0 Å². The highest BCUT2D eigenvalue weighted by atomic mass is 16.2. The minimum Gasteiger partial charge on any atom is -0.318 e. The topological polar surface area (TPSA) is 37.6 Å². The zero-order valence-corrected chi connectivity index (χ0v) is 16.7. The molecule has 2 aliphatic rings. The van der Waals surface area contributed by atoms with Gasteiger partial charge in [-0.1, -0.05) is 24.1 Å². The van der Waals surface area contributed by atoms with Gasteiger partial charge in [-0.15, -0.1) is 0 Å². The molecule has 2 aliphatic heterocycles. The van der Waals surface area contributed by atoms with Crippen molar-refractivity contribution in [1.29, 1.82) is 0 Å². The number of amidine groups is 1. The maximum Gasteiger partial charge on any atom is 0.277 e. The van der Waals surface area contributed by atoms with Crippen molar-refractivity contribution >= 4 is 17.8 Å².